The van der Waals surface area contributed by atoms with Crippen LogP contribution in [0.15, 0.2) is 72.8 Å². The quantitative estimate of drug-likeness (QED) is 0.481. The number of rotatable bonds is 6. The van der Waals surface area contributed by atoms with Crippen molar-refractivity contribution in [1.82, 2.24) is 9.80 Å². The number of hydrogen-bond donors (Lipinski definition) is 0. The van der Waals surface area contributed by atoms with E-state index in [9.17, 15) is 4.79 Å². The van der Waals surface area contributed by atoms with Gasteiger partial charge in [-0.05, 0) is 54.4 Å². The molecular weight excluding hydrogens is 450 g/mol. The summed E-state index contributed by atoms with van der Waals surface area (Å²) in [6.45, 7) is 4.74. The normalized spacial score (nSPS) is 15.8. The Morgan fingerprint density at radius 1 is 0.833 bits per heavy atom. The van der Waals surface area contributed by atoms with Gasteiger partial charge in [0, 0.05) is 56.2 Å². The Balaban J connectivity index is 1.24. The molecule has 0 aliphatic carbocycles. The van der Waals surface area contributed by atoms with E-state index in [1.807, 2.05) is 35.2 Å². The molecule has 1 saturated heterocycles. The third kappa shape index (κ3) is 4.95. The Kier molecular flexibility index (Phi) is 7.23. The maximum absolute atomic E-state index is 13.3. The molecule has 0 radical (unpaired) electrons. The van der Waals surface area contributed by atoms with Crippen molar-refractivity contribution in [1.29, 1.82) is 0 Å². The number of hydrogen-bond acceptors (Lipinski definition) is 5. The third-order valence-corrected chi connectivity index (χ3v) is 7.03. The van der Waals surface area contributed by atoms with Crippen molar-refractivity contribution in [2.24, 2.45) is 0 Å². The Morgan fingerprint density at radius 2 is 1.58 bits per heavy atom. The number of ether oxygens (including phenoxy) is 2. The first kappa shape index (κ1) is 23.9. The molecular formula is C30H33N3O3. The second kappa shape index (κ2) is 10.9. The van der Waals surface area contributed by atoms with Gasteiger partial charge in [-0.15, -0.1) is 0 Å². The zero-order valence-electron chi connectivity index (χ0n) is 21.0. The molecule has 0 bridgehead atoms. The van der Waals surface area contributed by atoms with Crippen molar-refractivity contribution in [3.63, 3.8) is 0 Å². The molecule has 3 aromatic carbocycles. The van der Waals surface area contributed by atoms with E-state index in [1.165, 1.54) is 11.3 Å². The van der Waals surface area contributed by atoms with Crippen molar-refractivity contribution >= 4 is 23.4 Å². The number of fused-ring (bicyclic) bond motifs is 1. The molecule has 2 aliphatic heterocycles. The topological polar surface area (TPSA) is 45.3 Å². The zero-order valence-corrected chi connectivity index (χ0v) is 21.0. The number of para-hydroxylation sites is 1. The van der Waals surface area contributed by atoms with E-state index in [4.69, 9.17) is 9.47 Å². The van der Waals surface area contributed by atoms with E-state index in [2.05, 4.69) is 58.4 Å². The number of benzene rings is 3. The van der Waals surface area contributed by atoms with Gasteiger partial charge in [-0.2, -0.15) is 0 Å². The predicted octanol–water partition coefficient (Wildman–Crippen LogP) is 5.22. The van der Waals surface area contributed by atoms with Crippen LogP contribution < -0.4 is 14.4 Å². The van der Waals surface area contributed by atoms with E-state index in [1.54, 1.807) is 14.2 Å². The average molecular weight is 484 g/mol. The third-order valence-electron chi connectivity index (χ3n) is 7.03. The maximum Gasteiger partial charge on any atom is 0.253 e. The predicted molar refractivity (Wildman–Crippen MR) is 144 cm³/mol. The number of methoxy groups -OCH3 is 2. The molecule has 0 N–H and O–H groups in total. The number of anilines is 2. The van der Waals surface area contributed by atoms with Crippen LogP contribution in [0, 0.1) is 0 Å². The van der Waals surface area contributed by atoms with E-state index in [0.29, 0.717) is 6.54 Å². The molecule has 186 valence electrons. The van der Waals surface area contributed by atoms with Crippen LogP contribution in [0.1, 0.15) is 27.9 Å². The lowest BCUT2D eigenvalue weighted by atomic mass is 10.1. The minimum Gasteiger partial charge on any atom is -0.496 e. The highest BCUT2D eigenvalue weighted by Crippen LogP contribution is 2.33. The summed E-state index contributed by atoms with van der Waals surface area (Å²) in [6, 6.07) is 22.3. The van der Waals surface area contributed by atoms with Crippen LogP contribution >= 0.6 is 0 Å². The van der Waals surface area contributed by atoms with Crippen molar-refractivity contribution in [3.8, 4) is 11.5 Å². The summed E-state index contributed by atoms with van der Waals surface area (Å²) in [5.74, 6) is 1.76. The summed E-state index contributed by atoms with van der Waals surface area (Å²) in [5.41, 5.74) is 5.28. The number of nitrogens with zero attached hydrogens (tertiary/aromatic N) is 3. The fourth-order valence-corrected chi connectivity index (χ4v) is 5.11. The van der Waals surface area contributed by atoms with Gasteiger partial charge in [0.25, 0.3) is 5.91 Å². The van der Waals surface area contributed by atoms with Gasteiger partial charge in [-0.1, -0.05) is 36.4 Å². The smallest absolute Gasteiger partial charge is 0.253 e. The fourth-order valence-electron chi connectivity index (χ4n) is 5.11. The van der Waals surface area contributed by atoms with Gasteiger partial charge in [-0.3, -0.25) is 9.69 Å². The van der Waals surface area contributed by atoms with Crippen LogP contribution in [0.3, 0.4) is 0 Å². The fraction of sp³-hybridized carbons (Fsp3) is 0.300. The van der Waals surface area contributed by atoms with Crippen molar-refractivity contribution in [2.75, 3.05) is 51.8 Å². The highest BCUT2D eigenvalue weighted by atomic mass is 16.5. The number of carbonyl (C=O) groups is 1. The molecule has 2 aliphatic rings. The number of amides is 1. The van der Waals surface area contributed by atoms with E-state index in [0.717, 1.165) is 67.5 Å². The van der Waals surface area contributed by atoms with Crippen molar-refractivity contribution in [3.05, 3.63) is 89.5 Å². The second-order valence-corrected chi connectivity index (χ2v) is 9.18. The van der Waals surface area contributed by atoms with Gasteiger partial charge in [0.15, 0.2) is 0 Å². The molecule has 0 unspecified atom stereocenters. The van der Waals surface area contributed by atoms with Gasteiger partial charge >= 0.3 is 0 Å². The maximum atomic E-state index is 13.3. The number of carbonyl (C=O) groups excluding carboxylic acids is 1. The Morgan fingerprint density at radius 3 is 2.33 bits per heavy atom. The molecule has 3 aromatic rings. The lowest BCUT2D eigenvalue weighted by Crippen LogP contribution is -2.35. The Hall–Kier alpha value is -3.77. The molecule has 36 heavy (non-hydrogen) atoms. The first-order valence-electron chi connectivity index (χ1n) is 12.5. The lowest BCUT2D eigenvalue weighted by molar-refractivity contribution is 0.0761. The minimum absolute atomic E-state index is 0.0946. The highest BCUT2D eigenvalue weighted by Gasteiger charge is 2.23. The summed E-state index contributed by atoms with van der Waals surface area (Å²) in [5, 5.41) is 0. The summed E-state index contributed by atoms with van der Waals surface area (Å²) in [7, 11) is 3.38. The van der Waals surface area contributed by atoms with Crippen LogP contribution in [0.5, 0.6) is 11.5 Å². The SMILES string of the molecule is COc1cccc(OC)c1CN1CCCN(C(=O)c2ccc(N3CC=Cc4ccccc43)cc2)CC1. The summed E-state index contributed by atoms with van der Waals surface area (Å²) < 4.78 is 11.1. The molecule has 6 nitrogen and oxygen atoms in total. The Bertz CT molecular complexity index is 1220. The Labute approximate surface area is 213 Å². The summed E-state index contributed by atoms with van der Waals surface area (Å²) in [6.07, 6.45) is 5.26. The average Bonchev–Trinajstić information content (AvgIpc) is 3.18. The van der Waals surface area contributed by atoms with Crippen LogP contribution in [0.4, 0.5) is 11.4 Å². The molecule has 1 amide bonds. The zero-order chi connectivity index (χ0) is 24.9. The van der Waals surface area contributed by atoms with Gasteiger partial charge in [0.2, 0.25) is 0 Å². The van der Waals surface area contributed by atoms with Gasteiger partial charge in [0.1, 0.15) is 11.5 Å². The first-order chi connectivity index (χ1) is 17.7. The standard InChI is InChI=1S/C30H33N3O3/c1-35-28-11-5-12-29(36-2)26(28)22-31-17-7-18-32(21-20-31)30(34)24-13-15-25(16-14-24)33-19-6-9-23-8-3-4-10-27(23)33/h3-6,8-16H,7,17-22H2,1-2H3. The van der Waals surface area contributed by atoms with E-state index >= 15 is 0 Å². The first-order valence-corrected chi connectivity index (χ1v) is 12.5. The highest BCUT2D eigenvalue weighted by molar-refractivity contribution is 5.94. The van der Waals surface area contributed by atoms with Gasteiger partial charge < -0.3 is 19.3 Å². The largest absolute Gasteiger partial charge is 0.496 e. The molecule has 2 heterocycles. The van der Waals surface area contributed by atoms with Gasteiger partial charge in [0.05, 0.1) is 19.8 Å². The molecule has 0 saturated carbocycles. The van der Waals surface area contributed by atoms with Crippen LogP contribution in [0.2, 0.25) is 0 Å². The molecule has 5 rings (SSSR count). The van der Waals surface area contributed by atoms with E-state index < -0.39 is 0 Å². The van der Waals surface area contributed by atoms with E-state index in [-0.39, 0.29) is 5.91 Å². The summed E-state index contributed by atoms with van der Waals surface area (Å²) in [4.78, 5) is 20.0. The molecule has 0 atom stereocenters. The molecule has 1 fully saturated rings. The second-order valence-electron chi connectivity index (χ2n) is 9.18. The van der Waals surface area contributed by atoms with Gasteiger partial charge in [-0.25, -0.2) is 0 Å². The van der Waals surface area contributed by atoms with Crippen LogP contribution in [-0.4, -0.2) is 62.7 Å². The summed E-state index contributed by atoms with van der Waals surface area (Å²) >= 11 is 0. The monoisotopic (exact) mass is 483 g/mol. The van der Waals surface area contributed by atoms with Crippen LogP contribution in [-0.2, 0) is 6.54 Å². The molecule has 0 spiro atoms. The minimum atomic E-state index is 0.0946. The van der Waals surface area contributed by atoms with Crippen molar-refractivity contribution < 1.29 is 14.3 Å². The molecule has 6 heteroatoms. The molecule has 0 aromatic heterocycles. The van der Waals surface area contributed by atoms with Crippen LogP contribution in [0.25, 0.3) is 6.08 Å². The van der Waals surface area contributed by atoms with Crippen molar-refractivity contribution in [2.45, 2.75) is 13.0 Å². The lowest BCUT2D eigenvalue weighted by Gasteiger charge is -2.28.